The summed E-state index contributed by atoms with van der Waals surface area (Å²) < 4.78 is 28.1. The van der Waals surface area contributed by atoms with Crippen molar-refractivity contribution in [2.24, 2.45) is 0 Å². The SMILES string of the molecule is Cc1ccc(C)c(N(CC(=O)N[C@H](C)c2ccccc2)S(=O)(=O)c2ccccc2)c1. The van der Waals surface area contributed by atoms with Crippen LogP contribution in [0.1, 0.15) is 29.7 Å². The first-order valence-corrected chi connectivity index (χ1v) is 11.2. The average Bonchev–Trinajstić information content (AvgIpc) is 2.75. The molecule has 0 heterocycles. The molecule has 156 valence electrons. The van der Waals surface area contributed by atoms with Crippen molar-refractivity contribution in [3.63, 3.8) is 0 Å². The Labute approximate surface area is 178 Å². The lowest BCUT2D eigenvalue weighted by Gasteiger charge is -2.27. The predicted octanol–water partition coefficient (Wildman–Crippen LogP) is 4.38. The molecule has 0 saturated heterocycles. The van der Waals surface area contributed by atoms with Gasteiger partial charge in [0.05, 0.1) is 16.6 Å². The van der Waals surface area contributed by atoms with Crippen molar-refractivity contribution in [1.82, 2.24) is 5.32 Å². The van der Waals surface area contributed by atoms with Gasteiger partial charge < -0.3 is 5.32 Å². The van der Waals surface area contributed by atoms with Gasteiger partial charge >= 0.3 is 0 Å². The fourth-order valence-electron chi connectivity index (χ4n) is 3.25. The van der Waals surface area contributed by atoms with Crippen LogP contribution in [0.15, 0.2) is 83.8 Å². The van der Waals surface area contributed by atoms with E-state index < -0.39 is 10.0 Å². The van der Waals surface area contributed by atoms with E-state index in [1.54, 1.807) is 24.3 Å². The minimum atomic E-state index is -3.92. The lowest BCUT2D eigenvalue weighted by Crippen LogP contribution is -2.42. The zero-order valence-corrected chi connectivity index (χ0v) is 18.2. The molecule has 1 amide bonds. The van der Waals surface area contributed by atoms with Crippen molar-refractivity contribution in [3.05, 3.63) is 95.6 Å². The molecule has 0 saturated carbocycles. The number of hydrogen-bond donors (Lipinski definition) is 1. The zero-order chi connectivity index (χ0) is 21.7. The molecule has 0 aromatic heterocycles. The third-order valence-electron chi connectivity index (χ3n) is 4.93. The monoisotopic (exact) mass is 422 g/mol. The molecule has 6 heteroatoms. The second-order valence-electron chi connectivity index (χ2n) is 7.31. The van der Waals surface area contributed by atoms with Gasteiger partial charge in [0.1, 0.15) is 6.54 Å². The molecule has 0 bridgehead atoms. The summed E-state index contributed by atoms with van der Waals surface area (Å²) in [6.07, 6.45) is 0. The molecule has 1 atom stereocenters. The number of rotatable bonds is 7. The maximum atomic E-state index is 13.4. The van der Waals surface area contributed by atoms with Crippen LogP contribution < -0.4 is 9.62 Å². The number of benzene rings is 3. The quantitative estimate of drug-likeness (QED) is 0.615. The van der Waals surface area contributed by atoms with Crippen LogP contribution in [0.4, 0.5) is 5.69 Å². The minimum absolute atomic E-state index is 0.148. The summed E-state index contributed by atoms with van der Waals surface area (Å²) in [4.78, 5) is 13.0. The molecule has 0 spiro atoms. The topological polar surface area (TPSA) is 66.5 Å². The summed E-state index contributed by atoms with van der Waals surface area (Å²) in [6, 6.07) is 23.1. The van der Waals surface area contributed by atoms with Crippen LogP contribution in [-0.4, -0.2) is 20.9 Å². The van der Waals surface area contributed by atoms with Gasteiger partial charge in [-0.1, -0.05) is 60.7 Å². The van der Waals surface area contributed by atoms with Gasteiger partial charge in [-0.2, -0.15) is 0 Å². The molecule has 0 unspecified atom stereocenters. The van der Waals surface area contributed by atoms with Gasteiger partial charge in [-0.3, -0.25) is 9.10 Å². The molecule has 3 rings (SSSR count). The Bertz CT molecular complexity index is 1110. The lowest BCUT2D eigenvalue weighted by atomic mass is 10.1. The first-order valence-electron chi connectivity index (χ1n) is 9.78. The molecule has 5 nitrogen and oxygen atoms in total. The smallest absolute Gasteiger partial charge is 0.264 e. The number of hydrogen-bond acceptors (Lipinski definition) is 3. The maximum Gasteiger partial charge on any atom is 0.264 e. The van der Waals surface area contributed by atoms with Gasteiger partial charge in [-0.25, -0.2) is 8.42 Å². The van der Waals surface area contributed by atoms with Gasteiger partial charge in [-0.05, 0) is 55.7 Å². The maximum absolute atomic E-state index is 13.4. The largest absolute Gasteiger partial charge is 0.348 e. The van der Waals surface area contributed by atoms with Crippen molar-refractivity contribution in [1.29, 1.82) is 0 Å². The normalized spacial score (nSPS) is 12.2. The average molecular weight is 423 g/mol. The third kappa shape index (κ3) is 4.89. The Balaban J connectivity index is 1.94. The molecule has 3 aromatic rings. The molecule has 0 aliphatic heterocycles. The van der Waals surface area contributed by atoms with Gasteiger partial charge in [0.15, 0.2) is 0 Å². The Kier molecular flexibility index (Phi) is 6.57. The van der Waals surface area contributed by atoms with Gasteiger partial charge in [0.25, 0.3) is 10.0 Å². The second-order valence-corrected chi connectivity index (χ2v) is 9.18. The van der Waals surface area contributed by atoms with E-state index >= 15 is 0 Å². The van der Waals surface area contributed by atoms with Crippen molar-refractivity contribution in [3.8, 4) is 0 Å². The van der Waals surface area contributed by atoms with E-state index in [1.807, 2.05) is 63.2 Å². The molecule has 0 aliphatic rings. The van der Waals surface area contributed by atoms with E-state index in [-0.39, 0.29) is 23.4 Å². The van der Waals surface area contributed by atoms with E-state index in [1.165, 1.54) is 16.4 Å². The first-order chi connectivity index (χ1) is 14.3. The summed E-state index contributed by atoms with van der Waals surface area (Å²) in [5, 5.41) is 2.91. The molecule has 0 fully saturated rings. The molecule has 0 radical (unpaired) electrons. The highest BCUT2D eigenvalue weighted by Gasteiger charge is 2.28. The highest BCUT2D eigenvalue weighted by molar-refractivity contribution is 7.92. The summed E-state index contributed by atoms with van der Waals surface area (Å²) in [6.45, 7) is 5.31. The van der Waals surface area contributed by atoms with Crippen LogP contribution in [0.25, 0.3) is 0 Å². The standard InChI is InChI=1S/C24H26N2O3S/c1-18-14-15-19(2)23(16-18)26(30(28,29)22-12-8-5-9-13-22)17-24(27)25-20(3)21-10-6-4-7-11-21/h4-16,20H,17H2,1-3H3,(H,25,27)/t20-/m1/s1. The van der Waals surface area contributed by atoms with Crippen LogP contribution >= 0.6 is 0 Å². The molecular formula is C24H26N2O3S. The fraction of sp³-hybridized carbons (Fsp3) is 0.208. The first kappa shape index (κ1) is 21.6. The molecule has 3 aromatic carbocycles. The molecule has 1 N–H and O–H groups in total. The Morgan fingerprint density at radius 2 is 1.53 bits per heavy atom. The van der Waals surface area contributed by atoms with Crippen molar-refractivity contribution >= 4 is 21.6 Å². The van der Waals surface area contributed by atoms with Crippen LogP contribution in [0.5, 0.6) is 0 Å². The molecule has 0 aliphatic carbocycles. The zero-order valence-electron chi connectivity index (χ0n) is 17.4. The minimum Gasteiger partial charge on any atom is -0.348 e. The van der Waals surface area contributed by atoms with Gasteiger partial charge in [0, 0.05) is 0 Å². The van der Waals surface area contributed by atoms with Crippen LogP contribution in [-0.2, 0) is 14.8 Å². The van der Waals surface area contributed by atoms with E-state index in [9.17, 15) is 13.2 Å². The third-order valence-corrected chi connectivity index (χ3v) is 6.70. The van der Waals surface area contributed by atoms with Crippen LogP contribution in [0.2, 0.25) is 0 Å². The Morgan fingerprint density at radius 1 is 0.933 bits per heavy atom. The number of nitrogens with zero attached hydrogens (tertiary/aromatic N) is 1. The summed E-state index contributed by atoms with van der Waals surface area (Å²) in [7, 11) is -3.92. The van der Waals surface area contributed by atoms with E-state index in [0.29, 0.717) is 5.69 Å². The highest BCUT2D eigenvalue weighted by atomic mass is 32.2. The number of carbonyl (C=O) groups excluding carboxylic acids is 1. The molecular weight excluding hydrogens is 396 g/mol. The number of anilines is 1. The summed E-state index contributed by atoms with van der Waals surface area (Å²) in [5.41, 5.74) is 3.15. The van der Waals surface area contributed by atoms with E-state index in [2.05, 4.69) is 5.32 Å². The predicted molar refractivity (Wildman–Crippen MR) is 120 cm³/mol. The fourth-order valence-corrected chi connectivity index (χ4v) is 4.75. The number of carbonyl (C=O) groups is 1. The van der Waals surface area contributed by atoms with Crippen LogP contribution in [0, 0.1) is 13.8 Å². The Morgan fingerprint density at radius 3 is 2.17 bits per heavy atom. The summed E-state index contributed by atoms with van der Waals surface area (Å²) >= 11 is 0. The van der Waals surface area contributed by atoms with Gasteiger partial charge in [0.2, 0.25) is 5.91 Å². The van der Waals surface area contributed by atoms with E-state index in [4.69, 9.17) is 0 Å². The number of nitrogens with one attached hydrogen (secondary N) is 1. The molecule has 30 heavy (non-hydrogen) atoms. The lowest BCUT2D eigenvalue weighted by molar-refractivity contribution is -0.120. The highest BCUT2D eigenvalue weighted by Crippen LogP contribution is 2.28. The van der Waals surface area contributed by atoms with Crippen molar-refractivity contribution in [2.75, 3.05) is 10.8 Å². The number of aryl methyl sites for hydroxylation is 2. The second kappa shape index (κ2) is 9.13. The van der Waals surface area contributed by atoms with Crippen molar-refractivity contribution in [2.45, 2.75) is 31.7 Å². The number of sulfonamides is 1. The Hall–Kier alpha value is -3.12. The summed E-state index contributed by atoms with van der Waals surface area (Å²) in [5.74, 6) is -0.369. The van der Waals surface area contributed by atoms with Gasteiger partial charge in [-0.15, -0.1) is 0 Å². The van der Waals surface area contributed by atoms with Crippen LogP contribution in [0.3, 0.4) is 0 Å². The van der Waals surface area contributed by atoms with E-state index in [0.717, 1.165) is 16.7 Å². The van der Waals surface area contributed by atoms with Crippen molar-refractivity contribution < 1.29 is 13.2 Å². The number of amides is 1.